The number of hydrogen-bond acceptors (Lipinski definition) is 11. The Labute approximate surface area is 212 Å². The van der Waals surface area contributed by atoms with Crippen molar-refractivity contribution in [3.63, 3.8) is 0 Å². The second-order valence-corrected chi connectivity index (χ2v) is 9.17. The molecule has 2 aliphatic rings. The lowest BCUT2D eigenvalue weighted by Crippen LogP contribution is -2.37. The Hall–Kier alpha value is -4.03. The molecule has 2 saturated heterocycles. The number of oxazole rings is 2. The molecule has 4 aromatic rings. The molecule has 0 bridgehead atoms. The number of ether oxygens (including phenoxy) is 1. The van der Waals surface area contributed by atoms with Gasteiger partial charge in [0.25, 0.3) is 11.9 Å². The van der Waals surface area contributed by atoms with E-state index in [1.165, 1.54) is 6.26 Å². The Bertz CT molecular complexity index is 1420. The van der Waals surface area contributed by atoms with Crippen molar-refractivity contribution in [1.29, 1.82) is 0 Å². The molecule has 2 N–H and O–H groups in total. The first-order valence-corrected chi connectivity index (χ1v) is 12.3. The van der Waals surface area contributed by atoms with Crippen LogP contribution in [0.5, 0.6) is 0 Å². The van der Waals surface area contributed by atoms with Gasteiger partial charge in [-0.3, -0.25) is 9.78 Å². The highest BCUT2D eigenvalue weighted by Gasteiger charge is 2.26. The monoisotopic (exact) mass is 505 g/mol. The number of hydrogen-bond donors (Lipinski definition) is 2. The van der Waals surface area contributed by atoms with Crippen LogP contribution in [0.25, 0.3) is 22.7 Å². The lowest BCUT2D eigenvalue weighted by Gasteiger charge is -2.31. The molecule has 0 unspecified atom stereocenters. The van der Waals surface area contributed by atoms with E-state index in [4.69, 9.17) is 18.6 Å². The summed E-state index contributed by atoms with van der Waals surface area (Å²) in [6, 6.07) is 5.83. The molecular formula is C25H27N7O5. The van der Waals surface area contributed by atoms with Gasteiger partial charge in [-0.1, -0.05) is 0 Å². The summed E-state index contributed by atoms with van der Waals surface area (Å²) in [6.07, 6.45) is 3.88. The summed E-state index contributed by atoms with van der Waals surface area (Å²) in [6.45, 7) is 5.65. The van der Waals surface area contributed by atoms with E-state index >= 15 is 0 Å². The van der Waals surface area contributed by atoms with E-state index in [-0.39, 0.29) is 11.8 Å². The van der Waals surface area contributed by atoms with E-state index in [1.807, 2.05) is 22.8 Å². The van der Waals surface area contributed by atoms with Crippen molar-refractivity contribution in [3.05, 3.63) is 42.0 Å². The predicted octanol–water partition coefficient (Wildman–Crippen LogP) is 2.63. The van der Waals surface area contributed by atoms with Gasteiger partial charge in [-0.05, 0) is 31.9 Å². The number of carbonyl (C=O) groups is 1. The minimum Gasteiger partial charge on any atom is -0.444 e. The van der Waals surface area contributed by atoms with Gasteiger partial charge < -0.3 is 33.8 Å². The third kappa shape index (κ3) is 4.85. The lowest BCUT2D eigenvalue weighted by atomic mass is 10.1. The molecule has 2 fully saturated rings. The zero-order valence-corrected chi connectivity index (χ0v) is 20.4. The van der Waals surface area contributed by atoms with Crippen molar-refractivity contribution in [1.82, 2.24) is 19.9 Å². The van der Waals surface area contributed by atoms with Crippen LogP contribution < -0.4 is 15.1 Å². The molecule has 6 rings (SSSR count). The van der Waals surface area contributed by atoms with Crippen LogP contribution in [-0.2, 0) is 4.74 Å². The number of nitrogens with zero attached hydrogens (tertiary/aromatic N) is 6. The number of aliphatic hydroxyl groups is 1. The maximum atomic E-state index is 13.2. The summed E-state index contributed by atoms with van der Waals surface area (Å²) < 4.78 is 17.0. The Balaban J connectivity index is 1.31. The van der Waals surface area contributed by atoms with E-state index in [1.54, 1.807) is 18.3 Å². The Morgan fingerprint density at radius 2 is 1.89 bits per heavy atom. The fraction of sp³-hybridized carbons (Fsp3) is 0.400. The van der Waals surface area contributed by atoms with Gasteiger partial charge in [-0.15, -0.1) is 0 Å². The smallest absolute Gasteiger partial charge is 0.300 e. The van der Waals surface area contributed by atoms with Crippen LogP contribution in [-0.4, -0.2) is 76.4 Å². The molecule has 12 nitrogen and oxygen atoms in total. The average Bonchev–Trinajstić information content (AvgIpc) is 3.57. The van der Waals surface area contributed by atoms with Crippen molar-refractivity contribution in [2.24, 2.45) is 0 Å². The van der Waals surface area contributed by atoms with Crippen LogP contribution in [0.2, 0.25) is 0 Å². The van der Waals surface area contributed by atoms with E-state index in [0.29, 0.717) is 86.9 Å². The number of fused-ring (bicyclic) bond motifs is 1. The molecule has 4 aromatic heterocycles. The van der Waals surface area contributed by atoms with Crippen LogP contribution in [0.4, 0.5) is 17.5 Å². The van der Waals surface area contributed by atoms with Crippen LogP contribution in [0, 0.1) is 6.92 Å². The Morgan fingerprint density at radius 1 is 1.08 bits per heavy atom. The van der Waals surface area contributed by atoms with Gasteiger partial charge in [-0.2, -0.15) is 4.98 Å². The molecule has 6 heterocycles. The van der Waals surface area contributed by atoms with Gasteiger partial charge in [0.1, 0.15) is 6.26 Å². The summed E-state index contributed by atoms with van der Waals surface area (Å²) in [7, 11) is 0. The summed E-state index contributed by atoms with van der Waals surface area (Å²) in [5.41, 5.74) is 3.09. The third-order valence-electron chi connectivity index (χ3n) is 6.53. The van der Waals surface area contributed by atoms with Crippen molar-refractivity contribution < 1.29 is 23.5 Å². The van der Waals surface area contributed by atoms with Crippen LogP contribution >= 0.6 is 0 Å². The number of aryl methyl sites for hydroxylation is 1. The van der Waals surface area contributed by atoms with Crippen molar-refractivity contribution >= 4 is 34.7 Å². The van der Waals surface area contributed by atoms with Crippen molar-refractivity contribution in [2.75, 3.05) is 54.5 Å². The highest BCUT2D eigenvalue weighted by atomic mass is 16.5. The summed E-state index contributed by atoms with van der Waals surface area (Å²) in [4.78, 5) is 35.2. The summed E-state index contributed by atoms with van der Waals surface area (Å²) in [5, 5.41) is 12.9. The minimum atomic E-state index is -0.437. The van der Waals surface area contributed by atoms with E-state index < -0.39 is 5.91 Å². The second kappa shape index (κ2) is 9.79. The molecule has 0 aliphatic carbocycles. The maximum Gasteiger partial charge on any atom is 0.300 e. The number of nitrogens with one attached hydrogen (secondary N) is 1. The number of carbonyl (C=O) groups excluding carboxylic acids is 1. The Morgan fingerprint density at radius 3 is 2.68 bits per heavy atom. The normalized spacial score (nSPS) is 16.9. The average molecular weight is 506 g/mol. The van der Waals surface area contributed by atoms with Crippen molar-refractivity contribution in [2.45, 2.75) is 25.9 Å². The first-order chi connectivity index (χ1) is 18.0. The number of rotatable bonds is 5. The van der Waals surface area contributed by atoms with Crippen LogP contribution in [0.1, 0.15) is 29.0 Å². The van der Waals surface area contributed by atoms with E-state index in [9.17, 15) is 9.90 Å². The zero-order valence-electron chi connectivity index (χ0n) is 20.4. The minimum absolute atomic E-state index is 0.135. The number of amides is 1. The first-order valence-electron chi connectivity index (χ1n) is 12.3. The molecule has 0 aromatic carbocycles. The second-order valence-electron chi connectivity index (χ2n) is 9.17. The molecule has 12 heteroatoms. The number of anilines is 3. The zero-order chi connectivity index (χ0) is 25.4. The van der Waals surface area contributed by atoms with Gasteiger partial charge >= 0.3 is 0 Å². The Kier molecular flexibility index (Phi) is 6.18. The fourth-order valence-corrected chi connectivity index (χ4v) is 4.52. The highest BCUT2D eigenvalue weighted by Crippen LogP contribution is 2.33. The largest absolute Gasteiger partial charge is 0.444 e. The molecule has 0 saturated carbocycles. The summed E-state index contributed by atoms with van der Waals surface area (Å²) >= 11 is 0. The maximum absolute atomic E-state index is 13.2. The number of morpholine rings is 1. The van der Waals surface area contributed by atoms with Crippen LogP contribution in [0.15, 0.2) is 39.5 Å². The van der Waals surface area contributed by atoms with Gasteiger partial charge in [-0.25, -0.2) is 9.97 Å². The number of aliphatic hydroxyl groups excluding tert-OH is 1. The van der Waals surface area contributed by atoms with Gasteiger partial charge in [0, 0.05) is 49.7 Å². The third-order valence-corrected chi connectivity index (χ3v) is 6.53. The standard InChI is InChI=1S/C25H27N7O5/c1-15-12-16(2-5-26-15)24-28-19(14-36-24)23(34)27-18-13-20-21(29-22(18)31-6-3-17(33)4-7-31)30-25(37-20)32-8-10-35-11-9-32/h2,5,12-14,17,33H,3-4,6-11H2,1H3,(H,27,34). The highest BCUT2D eigenvalue weighted by molar-refractivity contribution is 6.05. The SMILES string of the molecule is Cc1cc(-c2nc(C(=O)Nc3cc4oc(N5CCOCC5)nc4nc3N3CCC(O)CC3)co2)ccn1. The topological polar surface area (TPSA) is 143 Å². The molecule has 0 radical (unpaired) electrons. The molecule has 2 aliphatic heterocycles. The van der Waals surface area contributed by atoms with Gasteiger partial charge in [0.15, 0.2) is 17.1 Å². The predicted molar refractivity (Wildman–Crippen MR) is 135 cm³/mol. The summed E-state index contributed by atoms with van der Waals surface area (Å²) in [5.74, 6) is 0.469. The van der Waals surface area contributed by atoms with Gasteiger partial charge in [0.05, 0.1) is 25.0 Å². The first kappa shape index (κ1) is 23.4. The number of aromatic nitrogens is 4. The van der Waals surface area contributed by atoms with Gasteiger partial charge in [0.2, 0.25) is 11.5 Å². The molecular weight excluding hydrogens is 478 g/mol. The molecule has 37 heavy (non-hydrogen) atoms. The molecule has 0 atom stereocenters. The van der Waals surface area contributed by atoms with E-state index in [0.717, 1.165) is 11.3 Å². The molecule has 0 spiro atoms. The van der Waals surface area contributed by atoms with Crippen molar-refractivity contribution in [3.8, 4) is 11.5 Å². The van der Waals surface area contributed by atoms with Crippen LogP contribution in [0.3, 0.4) is 0 Å². The number of piperidine rings is 1. The molecule has 1 amide bonds. The quantitative estimate of drug-likeness (QED) is 0.413. The lowest BCUT2D eigenvalue weighted by molar-refractivity contribution is 0.102. The molecule has 192 valence electrons. The number of pyridine rings is 2. The fourth-order valence-electron chi connectivity index (χ4n) is 4.52. The van der Waals surface area contributed by atoms with E-state index in [2.05, 4.69) is 20.3 Å².